The van der Waals surface area contributed by atoms with E-state index in [1.807, 2.05) is 0 Å². The highest BCUT2D eigenvalue weighted by molar-refractivity contribution is 6.21. The molecule has 0 N–H and O–H groups in total. The molecule has 0 saturated carbocycles. The van der Waals surface area contributed by atoms with E-state index in [2.05, 4.69) is 52.8 Å². The fourth-order valence-electron chi connectivity index (χ4n) is 3.45. The summed E-state index contributed by atoms with van der Waals surface area (Å²) >= 11 is 6.90. The highest BCUT2D eigenvalue weighted by Gasteiger charge is 2.41. The second-order valence-electron chi connectivity index (χ2n) is 6.12. The molecule has 1 nitrogen and oxygen atoms in total. The lowest BCUT2D eigenvalue weighted by molar-refractivity contribution is 0.0508. The van der Waals surface area contributed by atoms with Crippen LogP contribution in [0.25, 0.3) is 0 Å². The molecule has 2 rings (SSSR count). The molecule has 20 heavy (non-hydrogen) atoms. The second kappa shape index (κ2) is 6.49. The highest BCUT2D eigenvalue weighted by Crippen LogP contribution is 2.45. The van der Waals surface area contributed by atoms with Gasteiger partial charge in [-0.15, -0.1) is 11.6 Å². The topological polar surface area (TPSA) is 9.23 Å². The van der Waals surface area contributed by atoms with Crippen LogP contribution in [0.15, 0.2) is 18.2 Å². The van der Waals surface area contributed by atoms with Crippen molar-refractivity contribution in [2.75, 3.05) is 0 Å². The standard InChI is InChI=1S/C18H27ClO/c1-6-14-8-9-15(7-2)16(10-14)18(19)17-11(3)12(4)20-13(17)5/h8-13,17-18H,6-7H2,1-5H3. The number of rotatable bonds is 4. The average Bonchev–Trinajstić information content (AvgIpc) is 2.70. The molecule has 1 aliphatic heterocycles. The molecule has 5 unspecified atom stereocenters. The van der Waals surface area contributed by atoms with E-state index in [1.54, 1.807) is 0 Å². The summed E-state index contributed by atoms with van der Waals surface area (Å²) in [6.07, 6.45) is 2.63. The largest absolute Gasteiger partial charge is 0.375 e. The fourth-order valence-corrected chi connectivity index (χ4v) is 4.09. The molecule has 1 aromatic rings. The third kappa shape index (κ3) is 2.89. The summed E-state index contributed by atoms with van der Waals surface area (Å²) < 4.78 is 5.97. The normalized spacial score (nSPS) is 31.5. The Morgan fingerprint density at radius 2 is 1.80 bits per heavy atom. The van der Waals surface area contributed by atoms with Crippen molar-refractivity contribution >= 4 is 11.6 Å². The second-order valence-corrected chi connectivity index (χ2v) is 6.60. The maximum Gasteiger partial charge on any atom is 0.0644 e. The minimum Gasteiger partial charge on any atom is -0.375 e. The summed E-state index contributed by atoms with van der Waals surface area (Å²) in [5.74, 6) is 0.895. The van der Waals surface area contributed by atoms with Crippen LogP contribution in [0.5, 0.6) is 0 Å². The molecule has 0 aromatic heterocycles. The van der Waals surface area contributed by atoms with E-state index in [-0.39, 0.29) is 11.5 Å². The molecule has 5 atom stereocenters. The molecule has 1 aliphatic rings. The Hall–Kier alpha value is -0.530. The van der Waals surface area contributed by atoms with Crippen LogP contribution in [-0.2, 0) is 17.6 Å². The van der Waals surface area contributed by atoms with Gasteiger partial charge in [0, 0.05) is 5.92 Å². The molecule has 0 spiro atoms. The number of benzene rings is 1. The Kier molecular flexibility index (Phi) is 5.14. The number of hydrogen-bond acceptors (Lipinski definition) is 1. The fraction of sp³-hybridized carbons (Fsp3) is 0.667. The molecule has 1 heterocycles. The van der Waals surface area contributed by atoms with Crippen molar-refractivity contribution in [2.24, 2.45) is 11.8 Å². The summed E-state index contributed by atoms with van der Waals surface area (Å²) in [4.78, 5) is 0. The lowest BCUT2D eigenvalue weighted by Gasteiger charge is -2.26. The third-order valence-electron chi connectivity index (χ3n) is 4.95. The van der Waals surface area contributed by atoms with Crippen LogP contribution in [-0.4, -0.2) is 12.2 Å². The summed E-state index contributed by atoms with van der Waals surface area (Å²) in [5.41, 5.74) is 4.06. The lowest BCUT2D eigenvalue weighted by atomic mass is 9.82. The van der Waals surface area contributed by atoms with Crippen LogP contribution in [0.2, 0.25) is 0 Å². The van der Waals surface area contributed by atoms with Gasteiger partial charge >= 0.3 is 0 Å². The minimum absolute atomic E-state index is 0.0476. The monoisotopic (exact) mass is 294 g/mol. The van der Waals surface area contributed by atoms with Crippen LogP contribution in [0, 0.1) is 11.8 Å². The molecular weight excluding hydrogens is 268 g/mol. The van der Waals surface area contributed by atoms with Gasteiger partial charge in [-0.05, 0) is 49.3 Å². The van der Waals surface area contributed by atoms with Crippen LogP contribution in [0.1, 0.15) is 56.7 Å². The summed E-state index contributed by atoms with van der Waals surface area (Å²) in [6.45, 7) is 11.0. The van der Waals surface area contributed by atoms with E-state index in [9.17, 15) is 0 Å². The molecule has 2 heteroatoms. The first kappa shape index (κ1) is 15.9. The lowest BCUT2D eigenvalue weighted by Crippen LogP contribution is -2.23. The molecule has 112 valence electrons. The van der Waals surface area contributed by atoms with E-state index in [0.717, 1.165) is 12.8 Å². The summed E-state index contributed by atoms with van der Waals surface area (Å²) in [5, 5.41) is 0.0476. The molecule has 1 aromatic carbocycles. The quantitative estimate of drug-likeness (QED) is 0.698. The minimum atomic E-state index is 0.0476. The molecule has 1 fully saturated rings. The van der Waals surface area contributed by atoms with Crippen molar-refractivity contribution in [3.05, 3.63) is 34.9 Å². The van der Waals surface area contributed by atoms with Gasteiger partial charge in [0.1, 0.15) is 0 Å². The zero-order chi connectivity index (χ0) is 14.9. The maximum atomic E-state index is 6.90. The summed E-state index contributed by atoms with van der Waals surface area (Å²) in [6, 6.07) is 6.78. The van der Waals surface area contributed by atoms with Crippen molar-refractivity contribution in [3.8, 4) is 0 Å². The first-order valence-corrected chi connectivity index (χ1v) is 8.34. The predicted octanol–water partition coefficient (Wildman–Crippen LogP) is 5.15. The van der Waals surface area contributed by atoms with Gasteiger partial charge < -0.3 is 4.74 Å². The first-order chi connectivity index (χ1) is 9.49. The van der Waals surface area contributed by atoms with Gasteiger partial charge in [0.2, 0.25) is 0 Å². The van der Waals surface area contributed by atoms with E-state index < -0.39 is 0 Å². The smallest absolute Gasteiger partial charge is 0.0644 e. The van der Waals surface area contributed by atoms with Gasteiger partial charge in [-0.1, -0.05) is 39.0 Å². The van der Waals surface area contributed by atoms with Crippen molar-refractivity contribution < 1.29 is 4.74 Å². The SMILES string of the molecule is CCc1ccc(CC)c(C(Cl)C2C(C)OC(C)C2C)c1. The first-order valence-electron chi connectivity index (χ1n) is 7.90. The maximum absolute atomic E-state index is 6.90. The molecule has 1 saturated heterocycles. The van der Waals surface area contributed by atoms with E-state index in [1.165, 1.54) is 16.7 Å². The number of ether oxygens (including phenoxy) is 1. The van der Waals surface area contributed by atoms with Crippen molar-refractivity contribution in [1.82, 2.24) is 0 Å². The van der Waals surface area contributed by atoms with Crippen molar-refractivity contribution in [3.63, 3.8) is 0 Å². The number of hydrogen-bond donors (Lipinski definition) is 0. The van der Waals surface area contributed by atoms with Gasteiger partial charge in [-0.3, -0.25) is 0 Å². The number of halogens is 1. The Labute approximate surface area is 128 Å². The van der Waals surface area contributed by atoms with Crippen molar-refractivity contribution in [2.45, 2.75) is 65.0 Å². The Morgan fingerprint density at radius 1 is 1.10 bits per heavy atom. The Bertz CT molecular complexity index is 457. The van der Waals surface area contributed by atoms with Crippen LogP contribution < -0.4 is 0 Å². The summed E-state index contributed by atoms with van der Waals surface area (Å²) in [7, 11) is 0. The Balaban J connectivity index is 2.34. The Morgan fingerprint density at radius 3 is 2.30 bits per heavy atom. The predicted molar refractivity (Wildman–Crippen MR) is 86.5 cm³/mol. The molecule has 0 radical (unpaired) electrons. The van der Waals surface area contributed by atoms with E-state index in [0.29, 0.717) is 17.9 Å². The zero-order valence-electron chi connectivity index (χ0n) is 13.3. The molecular formula is C18H27ClO. The number of aryl methyl sites for hydroxylation is 2. The van der Waals surface area contributed by atoms with E-state index >= 15 is 0 Å². The van der Waals surface area contributed by atoms with Gasteiger partial charge in [-0.2, -0.15) is 0 Å². The van der Waals surface area contributed by atoms with Gasteiger partial charge in [0.25, 0.3) is 0 Å². The van der Waals surface area contributed by atoms with Crippen LogP contribution in [0.4, 0.5) is 0 Å². The van der Waals surface area contributed by atoms with Crippen LogP contribution >= 0.6 is 11.6 Å². The van der Waals surface area contributed by atoms with Gasteiger partial charge in [-0.25, -0.2) is 0 Å². The van der Waals surface area contributed by atoms with Crippen molar-refractivity contribution in [1.29, 1.82) is 0 Å². The van der Waals surface area contributed by atoms with Gasteiger partial charge in [0.15, 0.2) is 0 Å². The van der Waals surface area contributed by atoms with E-state index in [4.69, 9.17) is 16.3 Å². The highest BCUT2D eigenvalue weighted by atomic mass is 35.5. The molecule has 0 bridgehead atoms. The molecule has 0 aliphatic carbocycles. The number of alkyl halides is 1. The van der Waals surface area contributed by atoms with Crippen LogP contribution in [0.3, 0.4) is 0 Å². The van der Waals surface area contributed by atoms with Gasteiger partial charge in [0.05, 0.1) is 17.6 Å². The third-order valence-corrected chi connectivity index (χ3v) is 5.48. The zero-order valence-corrected chi connectivity index (χ0v) is 14.1. The molecule has 0 amide bonds. The average molecular weight is 295 g/mol.